The van der Waals surface area contributed by atoms with Crippen LogP contribution < -0.4 is 0 Å². The van der Waals surface area contributed by atoms with Gasteiger partial charge in [0.1, 0.15) is 0 Å². The highest BCUT2D eigenvalue weighted by Crippen LogP contribution is 2.31. The summed E-state index contributed by atoms with van der Waals surface area (Å²) in [5.74, 6) is 1.03. The van der Waals surface area contributed by atoms with E-state index in [9.17, 15) is 4.79 Å². The Morgan fingerprint density at radius 3 is 3.00 bits per heavy atom. The second-order valence-electron chi connectivity index (χ2n) is 6.51. The van der Waals surface area contributed by atoms with E-state index < -0.39 is 0 Å². The highest BCUT2D eigenvalue weighted by atomic mass is 32.1. The van der Waals surface area contributed by atoms with E-state index in [-0.39, 0.29) is 5.91 Å². The minimum atomic E-state index is 0.201. The van der Waals surface area contributed by atoms with Crippen LogP contribution >= 0.6 is 11.3 Å². The summed E-state index contributed by atoms with van der Waals surface area (Å²) in [6, 6.07) is 4.37. The predicted molar refractivity (Wildman–Crippen MR) is 82.7 cm³/mol. The zero-order chi connectivity index (χ0) is 14.2. The average molecular weight is 306 g/mol. The average Bonchev–Trinajstić information content (AvgIpc) is 3.02. The third-order valence-corrected chi connectivity index (χ3v) is 5.72. The van der Waals surface area contributed by atoms with Crippen molar-refractivity contribution in [2.24, 2.45) is 5.92 Å². The molecule has 1 aromatic rings. The molecule has 1 amide bonds. The second kappa shape index (κ2) is 5.71. The Kier molecular flexibility index (Phi) is 3.73. The van der Waals surface area contributed by atoms with Crippen LogP contribution in [0.2, 0.25) is 0 Å². The molecule has 0 bridgehead atoms. The number of carbonyl (C=O) groups is 1. The molecule has 21 heavy (non-hydrogen) atoms. The van der Waals surface area contributed by atoms with Gasteiger partial charge in [0.15, 0.2) is 0 Å². The van der Waals surface area contributed by atoms with Gasteiger partial charge in [-0.25, -0.2) is 0 Å². The van der Waals surface area contributed by atoms with E-state index >= 15 is 0 Å². The van der Waals surface area contributed by atoms with Crippen LogP contribution in [0.4, 0.5) is 0 Å². The van der Waals surface area contributed by atoms with Gasteiger partial charge in [0.25, 0.3) is 5.91 Å². The number of carbonyl (C=O) groups excluding carboxylic acids is 1. The lowest BCUT2D eigenvalue weighted by Crippen LogP contribution is -2.51. The van der Waals surface area contributed by atoms with E-state index in [1.165, 1.54) is 24.2 Å². The minimum Gasteiger partial charge on any atom is -0.377 e. The number of piperazine rings is 1. The predicted octanol–water partition coefficient (Wildman–Crippen LogP) is 2.07. The van der Waals surface area contributed by atoms with Gasteiger partial charge in [-0.15, -0.1) is 11.3 Å². The number of fused-ring (bicyclic) bond motifs is 1. The van der Waals surface area contributed by atoms with E-state index in [0.717, 1.165) is 50.0 Å². The van der Waals surface area contributed by atoms with Crippen LogP contribution in [0.1, 0.15) is 28.9 Å². The van der Waals surface area contributed by atoms with Gasteiger partial charge in [-0.05, 0) is 36.6 Å². The molecule has 2 atom stereocenters. The van der Waals surface area contributed by atoms with Gasteiger partial charge in [0.05, 0.1) is 11.0 Å². The van der Waals surface area contributed by atoms with Crippen molar-refractivity contribution in [2.45, 2.75) is 31.4 Å². The third-order valence-electron chi connectivity index (χ3n) is 4.86. The Bertz CT molecular complexity index is 500. The lowest BCUT2D eigenvalue weighted by Gasteiger charge is -2.37. The minimum absolute atomic E-state index is 0.201. The Morgan fingerprint density at radius 1 is 1.33 bits per heavy atom. The molecule has 2 aliphatic heterocycles. The maximum Gasteiger partial charge on any atom is 0.264 e. The van der Waals surface area contributed by atoms with E-state index in [1.54, 1.807) is 0 Å². The highest BCUT2D eigenvalue weighted by Gasteiger charge is 2.38. The first kappa shape index (κ1) is 13.7. The van der Waals surface area contributed by atoms with E-state index in [0.29, 0.717) is 12.1 Å². The van der Waals surface area contributed by atoms with Crippen molar-refractivity contribution in [3.05, 3.63) is 22.4 Å². The highest BCUT2D eigenvalue weighted by molar-refractivity contribution is 7.12. The zero-order valence-corrected chi connectivity index (χ0v) is 13.1. The number of nitrogens with zero attached hydrogens (tertiary/aromatic N) is 2. The van der Waals surface area contributed by atoms with E-state index in [1.807, 2.05) is 22.4 Å². The standard InChI is InChI=1S/C16H22N2O2S/c19-16(15-2-1-7-21-15)18-6-5-17-10-14(8-13(17)9-18)20-11-12-3-4-12/h1-2,7,12-14H,3-6,8-11H2/t13-,14-/m1/s1. The molecule has 2 saturated heterocycles. The zero-order valence-electron chi connectivity index (χ0n) is 12.2. The molecule has 0 radical (unpaired) electrons. The molecule has 4 rings (SSSR count). The maximum atomic E-state index is 12.4. The van der Waals surface area contributed by atoms with Crippen molar-refractivity contribution in [3.63, 3.8) is 0 Å². The van der Waals surface area contributed by atoms with Gasteiger partial charge < -0.3 is 9.64 Å². The molecule has 1 saturated carbocycles. The summed E-state index contributed by atoms with van der Waals surface area (Å²) in [6.45, 7) is 4.70. The number of hydrogen-bond acceptors (Lipinski definition) is 4. The summed E-state index contributed by atoms with van der Waals surface area (Å²) in [4.78, 5) is 17.8. The summed E-state index contributed by atoms with van der Waals surface area (Å²) >= 11 is 1.54. The van der Waals surface area contributed by atoms with Gasteiger partial charge in [-0.1, -0.05) is 6.07 Å². The fourth-order valence-corrected chi connectivity index (χ4v) is 4.11. The fourth-order valence-electron chi connectivity index (χ4n) is 3.41. The maximum absolute atomic E-state index is 12.4. The van der Waals surface area contributed by atoms with Crippen molar-refractivity contribution >= 4 is 17.2 Å². The summed E-state index contributed by atoms with van der Waals surface area (Å²) in [5.41, 5.74) is 0. The lowest BCUT2D eigenvalue weighted by molar-refractivity contribution is 0.0494. The van der Waals surface area contributed by atoms with E-state index in [2.05, 4.69) is 4.90 Å². The number of rotatable bonds is 4. The molecule has 3 aliphatic rings. The van der Waals surface area contributed by atoms with Crippen molar-refractivity contribution in [1.82, 2.24) is 9.80 Å². The van der Waals surface area contributed by atoms with Crippen LogP contribution in [-0.4, -0.2) is 60.6 Å². The number of amides is 1. The normalized spacial score (nSPS) is 29.6. The first-order valence-corrected chi connectivity index (χ1v) is 8.86. The van der Waals surface area contributed by atoms with Crippen molar-refractivity contribution in [1.29, 1.82) is 0 Å². The van der Waals surface area contributed by atoms with Crippen LogP contribution in [0, 0.1) is 5.92 Å². The monoisotopic (exact) mass is 306 g/mol. The molecule has 1 aromatic heterocycles. The van der Waals surface area contributed by atoms with Gasteiger partial charge in [0.2, 0.25) is 0 Å². The second-order valence-corrected chi connectivity index (χ2v) is 7.46. The summed E-state index contributed by atoms with van der Waals surface area (Å²) in [6.07, 6.45) is 4.17. The molecule has 4 nitrogen and oxygen atoms in total. The first-order chi connectivity index (χ1) is 10.3. The van der Waals surface area contributed by atoms with Gasteiger partial charge in [-0.3, -0.25) is 9.69 Å². The smallest absolute Gasteiger partial charge is 0.264 e. The molecule has 3 fully saturated rings. The first-order valence-electron chi connectivity index (χ1n) is 7.98. The quantitative estimate of drug-likeness (QED) is 0.854. The van der Waals surface area contributed by atoms with Crippen LogP contribution in [-0.2, 0) is 4.74 Å². The molecule has 114 valence electrons. The molecule has 1 aliphatic carbocycles. The molecule has 5 heteroatoms. The van der Waals surface area contributed by atoms with Gasteiger partial charge in [-0.2, -0.15) is 0 Å². The number of hydrogen-bond donors (Lipinski definition) is 0. The van der Waals surface area contributed by atoms with Crippen LogP contribution in [0.3, 0.4) is 0 Å². The van der Waals surface area contributed by atoms with Crippen molar-refractivity contribution in [2.75, 3.05) is 32.8 Å². The third kappa shape index (κ3) is 3.00. The molecule has 0 N–H and O–H groups in total. The Balaban J connectivity index is 1.33. The molecule has 3 heterocycles. The van der Waals surface area contributed by atoms with E-state index in [4.69, 9.17) is 4.74 Å². The van der Waals surface area contributed by atoms with Crippen LogP contribution in [0.25, 0.3) is 0 Å². The Labute approximate surface area is 129 Å². The lowest BCUT2D eigenvalue weighted by atomic mass is 10.1. The van der Waals surface area contributed by atoms with Gasteiger partial charge >= 0.3 is 0 Å². The number of thiophene rings is 1. The molecule has 0 spiro atoms. The molecular weight excluding hydrogens is 284 g/mol. The van der Waals surface area contributed by atoms with Gasteiger partial charge in [0, 0.05) is 38.8 Å². The topological polar surface area (TPSA) is 32.8 Å². The van der Waals surface area contributed by atoms with Crippen molar-refractivity contribution in [3.8, 4) is 0 Å². The summed E-state index contributed by atoms with van der Waals surface area (Å²) in [7, 11) is 0. The molecular formula is C16H22N2O2S. The fraction of sp³-hybridized carbons (Fsp3) is 0.688. The molecule has 0 aromatic carbocycles. The van der Waals surface area contributed by atoms with Crippen molar-refractivity contribution < 1.29 is 9.53 Å². The summed E-state index contributed by atoms with van der Waals surface area (Å²) in [5, 5.41) is 1.97. The van der Waals surface area contributed by atoms with Crippen LogP contribution in [0.15, 0.2) is 17.5 Å². The summed E-state index contributed by atoms with van der Waals surface area (Å²) < 4.78 is 6.04. The SMILES string of the molecule is O=C(c1cccs1)N1CCN2C[C@H](OCC3CC3)C[C@@H]2C1. The van der Waals surface area contributed by atoms with Crippen LogP contribution in [0.5, 0.6) is 0 Å². The number of ether oxygens (including phenoxy) is 1. The Hall–Kier alpha value is -0.910. The molecule has 0 unspecified atom stereocenters. The Morgan fingerprint density at radius 2 is 2.24 bits per heavy atom. The largest absolute Gasteiger partial charge is 0.377 e.